The summed E-state index contributed by atoms with van der Waals surface area (Å²) in [6.45, 7) is 9.26. The van der Waals surface area contributed by atoms with Gasteiger partial charge >= 0.3 is 0 Å². The molecule has 1 aliphatic rings. The zero-order chi connectivity index (χ0) is 21.2. The summed E-state index contributed by atoms with van der Waals surface area (Å²) in [4.78, 5) is 15.3. The number of aryl methyl sites for hydroxylation is 2. The lowest BCUT2D eigenvalue weighted by atomic mass is 10.1. The van der Waals surface area contributed by atoms with Gasteiger partial charge in [-0.15, -0.1) is 0 Å². The molecule has 0 unspecified atom stereocenters. The summed E-state index contributed by atoms with van der Waals surface area (Å²) in [6, 6.07) is 12.2. The van der Waals surface area contributed by atoms with Crippen molar-refractivity contribution in [1.29, 1.82) is 0 Å². The van der Waals surface area contributed by atoms with Gasteiger partial charge in [-0.1, -0.05) is 18.2 Å². The Morgan fingerprint density at radius 2 is 1.76 bits per heavy atom. The molecule has 1 saturated heterocycles. The van der Waals surface area contributed by atoms with E-state index in [2.05, 4.69) is 0 Å². The molecular weight excluding hydrogens is 388 g/mol. The molecule has 0 radical (unpaired) electrons. The molecule has 0 aromatic heterocycles. The molecule has 0 aliphatic carbocycles. The van der Waals surface area contributed by atoms with Crippen molar-refractivity contribution in [1.82, 2.24) is 4.31 Å². The highest BCUT2D eigenvalue weighted by molar-refractivity contribution is 7.89. The van der Waals surface area contributed by atoms with Crippen LogP contribution in [0, 0.1) is 13.8 Å². The van der Waals surface area contributed by atoms with Gasteiger partial charge in [0.05, 0.1) is 18.1 Å². The second kappa shape index (κ2) is 8.65. The van der Waals surface area contributed by atoms with E-state index in [9.17, 15) is 13.2 Å². The maximum atomic E-state index is 13.4. The average Bonchev–Trinajstić information content (AvgIpc) is 2.71. The first kappa shape index (κ1) is 21.5. The lowest BCUT2D eigenvalue weighted by molar-refractivity contribution is 0.0730. The van der Waals surface area contributed by atoms with Gasteiger partial charge in [0.1, 0.15) is 0 Å². The van der Waals surface area contributed by atoms with Gasteiger partial charge in [0, 0.05) is 30.4 Å². The van der Waals surface area contributed by atoms with Gasteiger partial charge in [-0.25, -0.2) is 8.42 Å². The molecule has 0 saturated carbocycles. The number of sulfonamides is 1. The molecule has 0 bridgehead atoms. The molecule has 0 N–H and O–H groups in total. The Morgan fingerprint density at radius 1 is 1.07 bits per heavy atom. The quantitative estimate of drug-likeness (QED) is 0.749. The van der Waals surface area contributed by atoms with Crippen molar-refractivity contribution in [3.05, 3.63) is 59.2 Å². The average molecular weight is 417 g/mol. The van der Waals surface area contributed by atoms with Gasteiger partial charge in [-0.2, -0.15) is 4.31 Å². The Labute approximate surface area is 173 Å². The largest absolute Gasteiger partial charge is 0.379 e. The molecule has 7 heteroatoms. The SMILES string of the molecule is Cc1ccc(C)c(N(C(=O)c2cccc(S(=O)(=O)N3CCOCC3)c2)C(C)C)c1. The van der Waals surface area contributed by atoms with Crippen molar-refractivity contribution in [3.63, 3.8) is 0 Å². The summed E-state index contributed by atoms with van der Waals surface area (Å²) in [5.74, 6) is -0.215. The summed E-state index contributed by atoms with van der Waals surface area (Å²) in [7, 11) is -3.66. The molecule has 0 spiro atoms. The topological polar surface area (TPSA) is 66.9 Å². The van der Waals surface area contributed by atoms with E-state index in [1.54, 1.807) is 23.1 Å². The fourth-order valence-electron chi connectivity index (χ4n) is 3.47. The summed E-state index contributed by atoms with van der Waals surface area (Å²) < 4.78 is 32.6. The van der Waals surface area contributed by atoms with Crippen molar-refractivity contribution < 1.29 is 17.9 Å². The first-order chi connectivity index (χ1) is 13.7. The summed E-state index contributed by atoms with van der Waals surface area (Å²) in [6.07, 6.45) is 0. The minimum Gasteiger partial charge on any atom is -0.379 e. The number of morpholine rings is 1. The number of rotatable bonds is 5. The molecule has 1 aliphatic heterocycles. The minimum absolute atomic E-state index is 0.0810. The van der Waals surface area contributed by atoms with Crippen LogP contribution in [0.5, 0.6) is 0 Å². The van der Waals surface area contributed by atoms with E-state index >= 15 is 0 Å². The number of carbonyl (C=O) groups is 1. The first-order valence-electron chi connectivity index (χ1n) is 9.80. The Bertz CT molecular complexity index is 996. The smallest absolute Gasteiger partial charge is 0.258 e. The van der Waals surface area contributed by atoms with Crippen LogP contribution in [0.15, 0.2) is 47.4 Å². The molecule has 3 rings (SSSR count). The van der Waals surface area contributed by atoms with Crippen molar-refractivity contribution in [2.24, 2.45) is 0 Å². The highest BCUT2D eigenvalue weighted by Gasteiger charge is 2.28. The van der Waals surface area contributed by atoms with E-state index < -0.39 is 10.0 Å². The molecule has 156 valence electrons. The third kappa shape index (κ3) is 4.52. The molecule has 1 amide bonds. The van der Waals surface area contributed by atoms with Crippen LogP contribution in [0.3, 0.4) is 0 Å². The standard InChI is InChI=1S/C22H28N2O4S/c1-16(2)24(21-14-17(3)8-9-18(21)4)22(25)19-6-5-7-20(15-19)29(26,27)23-10-12-28-13-11-23/h5-9,14-16H,10-13H2,1-4H3. The zero-order valence-electron chi connectivity index (χ0n) is 17.4. The lowest BCUT2D eigenvalue weighted by Crippen LogP contribution is -2.41. The molecule has 2 aromatic rings. The number of carbonyl (C=O) groups excluding carboxylic acids is 1. The first-order valence-corrected chi connectivity index (χ1v) is 11.2. The number of amides is 1. The van der Waals surface area contributed by atoms with E-state index in [4.69, 9.17) is 4.74 Å². The van der Waals surface area contributed by atoms with Crippen LogP contribution >= 0.6 is 0 Å². The Morgan fingerprint density at radius 3 is 2.41 bits per heavy atom. The second-order valence-electron chi connectivity index (χ2n) is 7.60. The zero-order valence-corrected chi connectivity index (χ0v) is 18.2. The van der Waals surface area contributed by atoms with Gasteiger partial charge in [0.25, 0.3) is 5.91 Å². The van der Waals surface area contributed by atoms with Crippen LogP contribution in [-0.2, 0) is 14.8 Å². The second-order valence-corrected chi connectivity index (χ2v) is 9.54. The number of ether oxygens (including phenoxy) is 1. The number of hydrogen-bond donors (Lipinski definition) is 0. The molecule has 1 heterocycles. The number of nitrogens with zero attached hydrogens (tertiary/aromatic N) is 2. The van der Waals surface area contributed by atoms with Gasteiger partial charge in [0.2, 0.25) is 10.0 Å². The molecule has 29 heavy (non-hydrogen) atoms. The fourth-order valence-corrected chi connectivity index (χ4v) is 4.92. The van der Waals surface area contributed by atoms with Crippen molar-refractivity contribution in [3.8, 4) is 0 Å². The van der Waals surface area contributed by atoms with E-state index in [0.717, 1.165) is 16.8 Å². The third-order valence-electron chi connectivity index (χ3n) is 5.05. The molecule has 0 atom stereocenters. The van der Waals surface area contributed by atoms with E-state index in [1.807, 2.05) is 45.9 Å². The normalized spacial score (nSPS) is 15.5. The van der Waals surface area contributed by atoms with Crippen LogP contribution < -0.4 is 4.90 Å². The van der Waals surface area contributed by atoms with Gasteiger partial charge in [-0.3, -0.25) is 4.79 Å². The number of anilines is 1. The van der Waals surface area contributed by atoms with Gasteiger partial charge < -0.3 is 9.64 Å². The van der Waals surface area contributed by atoms with Gasteiger partial charge in [0.15, 0.2) is 0 Å². The van der Waals surface area contributed by atoms with E-state index in [-0.39, 0.29) is 16.8 Å². The summed E-state index contributed by atoms with van der Waals surface area (Å²) in [5.41, 5.74) is 3.25. The minimum atomic E-state index is -3.66. The molecule has 2 aromatic carbocycles. The highest BCUT2D eigenvalue weighted by Crippen LogP contribution is 2.27. The fraction of sp³-hybridized carbons (Fsp3) is 0.409. The molecule has 6 nitrogen and oxygen atoms in total. The molecule has 1 fully saturated rings. The highest BCUT2D eigenvalue weighted by atomic mass is 32.2. The van der Waals surface area contributed by atoms with Crippen molar-refractivity contribution in [2.75, 3.05) is 31.2 Å². The van der Waals surface area contributed by atoms with E-state index in [1.165, 1.54) is 10.4 Å². The Hall–Kier alpha value is -2.22. The third-order valence-corrected chi connectivity index (χ3v) is 6.94. The van der Waals surface area contributed by atoms with Crippen LogP contribution in [0.1, 0.15) is 35.3 Å². The lowest BCUT2D eigenvalue weighted by Gasteiger charge is -2.29. The molecular formula is C22H28N2O4S. The predicted octanol–water partition coefficient (Wildman–Crippen LogP) is 3.38. The van der Waals surface area contributed by atoms with Crippen LogP contribution in [-0.4, -0.2) is 51.0 Å². The van der Waals surface area contributed by atoms with Crippen molar-refractivity contribution >= 4 is 21.6 Å². The Kier molecular flexibility index (Phi) is 6.41. The van der Waals surface area contributed by atoms with Crippen LogP contribution in [0.25, 0.3) is 0 Å². The van der Waals surface area contributed by atoms with Crippen molar-refractivity contribution in [2.45, 2.75) is 38.6 Å². The van der Waals surface area contributed by atoms with Gasteiger partial charge in [-0.05, 0) is 63.1 Å². The monoisotopic (exact) mass is 416 g/mol. The van der Waals surface area contributed by atoms with E-state index in [0.29, 0.717) is 31.9 Å². The summed E-state index contributed by atoms with van der Waals surface area (Å²) in [5, 5.41) is 0. The van der Waals surface area contributed by atoms with Crippen LogP contribution in [0.2, 0.25) is 0 Å². The number of hydrogen-bond acceptors (Lipinski definition) is 4. The maximum absolute atomic E-state index is 13.4. The van der Waals surface area contributed by atoms with Crippen LogP contribution in [0.4, 0.5) is 5.69 Å². The Balaban J connectivity index is 1.98. The summed E-state index contributed by atoms with van der Waals surface area (Å²) >= 11 is 0. The predicted molar refractivity (Wildman–Crippen MR) is 114 cm³/mol. The number of benzene rings is 2. The maximum Gasteiger partial charge on any atom is 0.258 e.